The summed E-state index contributed by atoms with van der Waals surface area (Å²) in [5.74, 6) is -0.160. The molecule has 1 aliphatic heterocycles. The van der Waals surface area contributed by atoms with Gasteiger partial charge in [-0.25, -0.2) is 0 Å². The Kier molecular flexibility index (Phi) is 3.60. The van der Waals surface area contributed by atoms with E-state index in [-0.39, 0.29) is 17.7 Å². The Morgan fingerprint density at radius 3 is 2.53 bits per heavy atom. The molecule has 4 heteroatoms. The Balaban J connectivity index is 2.20. The van der Waals surface area contributed by atoms with Crippen LogP contribution < -0.4 is 4.90 Å². The molecule has 1 fully saturated rings. The third kappa shape index (κ3) is 2.62. The van der Waals surface area contributed by atoms with E-state index < -0.39 is 0 Å². The summed E-state index contributed by atoms with van der Waals surface area (Å²) < 4.78 is 0. The number of amides is 2. The van der Waals surface area contributed by atoms with Gasteiger partial charge in [-0.15, -0.1) is 0 Å². The number of rotatable bonds is 2. The van der Waals surface area contributed by atoms with Crippen molar-refractivity contribution < 1.29 is 9.59 Å². The monoisotopic (exact) mass is 260 g/mol. The van der Waals surface area contributed by atoms with Gasteiger partial charge in [0.05, 0.1) is 5.92 Å². The van der Waals surface area contributed by atoms with Crippen LogP contribution in [-0.4, -0.2) is 37.4 Å². The maximum absolute atomic E-state index is 12.1. The van der Waals surface area contributed by atoms with E-state index in [2.05, 4.69) is 0 Å². The fraction of sp³-hybridized carbons (Fsp3) is 0.467. The zero-order valence-electron chi connectivity index (χ0n) is 11.9. The summed E-state index contributed by atoms with van der Waals surface area (Å²) in [6, 6.07) is 5.97. The zero-order chi connectivity index (χ0) is 14.2. The van der Waals surface area contributed by atoms with E-state index in [0.29, 0.717) is 13.0 Å². The molecule has 102 valence electrons. The summed E-state index contributed by atoms with van der Waals surface area (Å²) in [4.78, 5) is 27.3. The van der Waals surface area contributed by atoms with Gasteiger partial charge in [0, 0.05) is 32.7 Å². The third-order valence-corrected chi connectivity index (χ3v) is 3.72. The first-order valence-electron chi connectivity index (χ1n) is 6.49. The molecule has 0 aromatic heterocycles. The predicted octanol–water partition coefficient (Wildman–Crippen LogP) is 1.74. The van der Waals surface area contributed by atoms with E-state index in [4.69, 9.17) is 0 Å². The molecule has 1 aliphatic rings. The number of carbonyl (C=O) groups is 2. The van der Waals surface area contributed by atoms with Crippen LogP contribution in [0.25, 0.3) is 0 Å². The van der Waals surface area contributed by atoms with Crippen molar-refractivity contribution in [3.63, 3.8) is 0 Å². The second-order valence-corrected chi connectivity index (χ2v) is 5.41. The molecule has 4 nitrogen and oxygen atoms in total. The molecule has 1 heterocycles. The van der Waals surface area contributed by atoms with E-state index in [1.165, 1.54) is 5.56 Å². The first-order chi connectivity index (χ1) is 8.90. The van der Waals surface area contributed by atoms with Gasteiger partial charge in [-0.05, 0) is 37.1 Å². The van der Waals surface area contributed by atoms with Gasteiger partial charge in [-0.1, -0.05) is 6.07 Å². The van der Waals surface area contributed by atoms with E-state index in [9.17, 15) is 9.59 Å². The normalized spacial score (nSPS) is 18.8. The number of anilines is 1. The number of hydrogen-bond acceptors (Lipinski definition) is 2. The molecule has 2 amide bonds. The van der Waals surface area contributed by atoms with E-state index >= 15 is 0 Å². The molecule has 0 aliphatic carbocycles. The minimum Gasteiger partial charge on any atom is -0.349 e. The summed E-state index contributed by atoms with van der Waals surface area (Å²) in [7, 11) is 3.46. The van der Waals surface area contributed by atoms with Gasteiger partial charge in [-0.3, -0.25) is 9.59 Å². The molecule has 1 atom stereocenters. The standard InChI is InChI=1S/C15H20N2O2/c1-10-5-6-13(7-11(10)2)17-9-12(8-14(17)18)15(19)16(3)4/h5-7,12H,8-9H2,1-4H3. The molecule has 19 heavy (non-hydrogen) atoms. The van der Waals surface area contributed by atoms with Gasteiger partial charge in [0.25, 0.3) is 0 Å². The molecule has 0 saturated carbocycles. The summed E-state index contributed by atoms with van der Waals surface area (Å²) in [6.07, 6.45) is 0.309. The number of hydrogen-bond donors (Lipinski definition) is 0. The molecule has 0 radical (unpaired) electrons. The van der Waals surface area contributed by atoms with Gasteiger partial charge in [0.1, 0.15) is 0 Å². The molecule has 0 spiro atoms. The van der Waals surface area contributed by atoms with Crippen LogP contribution >= 0.6 is 0 Å². The summed E-state index contributed by atoms with van der Waals surface area (Å²) in [6.45, 7) is 4.56. The van der Waals surface area contributed by atoms with E-state index in [1.54, 1.807) is 23.9 Å². The largest absolute Gasteiger partial charge is 0.349 e. The Hall–Kier alpha value is -1.84. The summed E-state index contributed by atoms with van der Waals surface area (Å²) in [5.41, 5.74) is 3.26. The van der Waals surface area contributed by atoms with Crippen molar-refractivity contribution in [1.82, 2.24) is 4.90 Å². The Labute approximate surface area is 114 Å². The molecule has 0 N–H and O–H groups in total. The highest BCUT2D eigenvalue weighted by molar-refractivity contribution is 6.00. The SMILES string of the molecule is Cc1ccc(N2CC(C(=O)N(C)C)CC2=O)cc1C. The molecule has 1 aromatic carbocycles. The molecule has 1 aromatic rings. The fourth-order valence-electron chi connectivity index (χ4n) is 2.38. The second kappa shape index (κ2) is 5.03. The third-order valence-electron chi connectivity index (χ3n) is 3.72. The van der Waals surface area contributed by atoms with Crippen molar-refractivity contribution in [1.29, 1.82) is 0 Å². The van der Waals surface area contributed by atoms with Crippen LogP contribution in [0.5, 0.6) is 0 Å². The second-order valence-electron chi connectivity index (χ2n) is 5.41. The predicted molar refractivity (Wildman–Crippen MR) is 75.1 cm³/mol. The van der Waals surface area contributed by atoms with Crippen LogP contribution in [0, 0.1) is 19.8 Å². The Bertz CT molecular complexity index is 523. The van der Waals surface area contributed by atoms with Crippen molar-refractivity contribution in [2.24, 2.45) is 5.92 Å². The van der Waals surface area contributed by atoms with Gasteiger partial charge in [-0.2, -0.15) is 0 Å². The lowest BCUT2D eigenvalue weighted by Gasteiger charge is -2.19. The maximum atomic E-state index is 12.1. The van der Waals surface area contributed by atoms with Crippen molar-refractivity contribution in [2.75, 3.05) is 25.5 Å². The van der Waals surface area contributed by atoms with Crippen molar-refractivity contribution in [3.8, 4) is 0 Å². The lowest BCUT2D eigenvalue weighted by molar-refractivity contribution is -0.133. The highest BCUT2D eigenvalue weighted by Gasteiger charge is 2.35. The number of aryl methyl sites for hydroxylation is 2. The highest BCUT2D eigenvalue weighted by atomic mass is 16.2. The minimum atomic E-state index is -0.218. The number of nitrogens with zero attached hydrogens (tertiary/aromatic N) is 2. The average Bonchev–Trinajstić information content (AvgIpc) is 2.73. The summed E-state index contributed by atoms with van der Waals surface area (Å²) >= 11 is 0. The molecule has 1 saturated heterocycles. The fourth-order valence-corrected chi connectivity index (χ4v) is 2.38. The van der Waals surface area contributed by atoms with Gasteiger partial charge in [0.15, 0.2) is 0 Å². The number of benzene rings is 1. The first kappa shape index (κ1) is 13.6. The van der Waals surface area contributed by atoms with Crippen LogP contribution in [0.2, 0.25) is 0 Å². The lowest BCUT2D eigenvalue weighted by atomic mass is 10.1. The average molecular weight is 260 g/mol. The van der Waals surface area contributed by atoms with Crippen LogP contribution in [0.3, 0.4) is 0 Å². The number of carbonyl (C=O) groups excluding carboxylic acids is 2. The molecular weight excluding hydrogens is 240 g/mol. The van der Waals surface area contributed by atoms with E-state index in [1.807, 2.05) is 32.0 Å². The smallest absolute Gasteiger partial charge is 0.227 e. The lowest BCUT2D eigenvalue weighted by Crippen LogP contribution is -2.32. The summed E-state index contributed by atoms with van der Waals surface area (Å²) in [5, 5.41) is 0. The van der Waals surface area contributed by atoms with Crippen LogP contribution in [0.4, 0.5) is 5.69 Å². The van der Waals surface area contributed by atoms with Gasteiger partial charge >= 0.3 is 0 Å². The molecular formula is C15H20N2O2. The first-order valence-corrected chi connectivity index (χ1v) is 6.49. The Morgan fingerprint density at radius 2 is 1.95 bits per heavy atom. The van der Waals surface area contributed by atoms with Crippen LogP contribution in [0.1, 0.15) is 17.5 Å². The molecule has 2 rings (SSSR count). The zero-order valence-corrected chi connectivity index (χ0v) is 11.9. The van der Waals surface area contributed by atoms with E-state index in [0.717, 1.165) is 11.3 Å². The van der Waals surface area contributed by atoms with Crippen molar-refractivity contribution in [3.05, 3.63) is 29.3 Å². The molecule has 1 unspecified atom stereocenters. The van der Waals surface area contributed by atoms with Crippen LogP contribution in [0.15, 0.2) is 18.2 Å². The topological polar surface area (TPSA) is 40.6 Å². The van der Waals surface area contributed by atoms with Crippen LogP contribution in [-0.2, 0) is 9.59 Å². The highest BCUT2D eigenvalue weighted by Crippen LogP contribution is 2.27. The van der Waals surface area contributed by atoms with Gasteiger partial charge < -0.3 is 9.80 Å². The Morgan fingerprint density at radius 1 is 1.26 bits per heavy atom. The quantitative estimate of drug-likeness (QED) is 0.812. The molecule has 0 bridgehead atoms. The van der Waals surface area contributed by atoms with Crippen molar-refractivity contribution >= 4 is 17.5 Å². The van der Waals surface area contributed by atoms with Crippen molar-refractivity contribution in [2.45, 2.75) is 20.3 Å². The minimum absolute atomic E-state index is 0.0275. The maximum Gasteiger partial charge on any atom is 0.227 e. The van der Waals surface area contributed by atoms with Gasteiger partial charge in [0.2, 0.25) is 11.8 Å².